The molecule has 1 aromatic heterocycles. The second kappa shape index (κ2) is 6.99. The van der Waals surface area contributed by atoms with Gasteiger partial charge in [0.2, 0.25) is 0 Å². The van der Waals surface area contributed by atoms with E-state index in [1.807, 2.05) is 12.4 Å². The van der Waals surface area contributed by atoms with Crippen LogP contribution in [0.25, 0.3) is 0 Å². The highest BCUT2D eigenvalue weighted by Gasteiger charge is 2.26. The van der Waals surface area contributed by atoms with Gasteiger partial charge in [-0.25, -0.2) is 4.98 Å². The van der Waals surface area contributed by atoms with Crippen LogP contribution in [0.4, 0.5) is 5.82 Å². The van der Waals surface area contributed by atoms with Crippen molar-refractivity contribution in [2.45, 2.75) is 45.3 Å². The number of nitrogens with zero attached hydrogens (tertiary/aromatic N) is 4. The Morgan fingerprint density at radius 3 is 2.75 bits per heavy atom. The smallest absolute Gasteiger partial charge is 0.147 e. The monoisotopic (exact) mass is 277 g/mol. The summed E-state index contributed by atoms with van der Waals surface area (Å²) in [5, 5.41) is 3.36. The fourth-order valence-corrected chi connectivity index (χ4v) is 2.64. The van der Waals surface area contributed by atoms with E-state index < -0.39 is 0 Å². The fourth-order valence-electron chi connectivity index (χ4n) is 2.64. The lowest BCUT2D eigenvalue weighted by atomic mass is 10.2. The molecule has 1 aliphatic heterocycles. The van der Waals surface area contributed by atoms with E-state index in [4.69, 9.17) is 0 Å². The van der Waals surface area contributed by atoms with Crippen LogP contribution in [0.15, 0.2) is 12.4 Å². The van der Waals surface area contributed by atoms with Gasteiger partial charge in [-0.05, 0) is 26.9 Å². The van der Waals surface area contributed by atoms with Crippen molar-refractivity contribution in [1.29, 1.82) is 0 Å². The van der Waals surface area contributed by atoms with Gasteiger partial charge < -0.3 is 15.1 Å². The van der Waals surface area contributed by atoms with Gasteiger partial charge in [-0.2, -0.15) is 0 Å². The zero-order chi connectivity index (χ0) is 14.5. The molecule has 1 fully saturated rings. The van der Waals surface area contributed by atoms with Crippen molar-refractivity contribution >= 4 is 5.82 Å². The molecule has 2 rings (SSSR count). The van der Waals surface area contributed by atoms with Crippen LogP contribution in [0, 0.1) is 0 Å². The maximum atomic E-state index is 4.60. The summed E-state index contributed by atoms with van der Waals surface area (Å²) in [5.74, 6) is 1.02. The molecule has 1 aromatic rings. The van der Waals surface area contributed by atoms with Crippen LogP contribution >= 0.6 is 0 Å². The topological polar surface area (TPSA) is 44.3 Å². The first-order valence-electron chi connectivity index (χ1n) is 7.52. The molecule has 1 unspecified atom stereocenters. The van der Waals surface area contributed by atoms with Crippen molar-refractivity contribution in [2.75, 3.05) is 32.1 Å². The van der Waals surface area contributed by atoms with E-state index in [0.29, 0.717) is 12.1 Å². The van der Waals surface area contributed by atoms with Gasteiger partial charge in [0.1, 0.15) is 5.82 Å². The summed E-state index contributed by atoms with van der Waals surface area (Å²) in [6.07, 6.45) is 6.31. The minimum Gasteiger partial charge on any atom is -0.351 e. The van der Waals surface area contributed by atoms with E-state index >= 15 is 0 Å². The van der Waals surface area contributed by atoms with Crippen molar-refractivity contribution in [3.8, 4) is 0 Å². The molecule has 1 atom stereocenters. The molecular weight excluding hydrogens is 250 g/mol. The molecule has 5 nitrogen and oxygen atoms in total. The predicted octanol–water partition coefficient (Wildman–Crippen LogP) is 1.50. The summed E-state index contributed by atoms with van der Waals surface area (Å²) in [6, 6.07) is 1.04. The van der Waals surface area contributed by atoms with Gasteiger partial charge >= 0.3 is 0 Å². The molecule has 0 saturated carbocycles. The lowest BCUT2D eigenvalue weighted by Crippen LogP contribution is -2.38. The zero-order valence-electron chi connectivity index (χ0n) is 13.1. The summed E-state index contributed by atoms with van der Waals surface area (Å²) < 4.78 is 0. The molecule has 0 aliphatic carbocycles. The van der Waals surface area contributed by atoms with Crippen molar-refractivity contribution < 1.29 is 0 Å². The van der Waals surface area contributed by atoms with Crippen LogP contribution < -0.4 is 10.2 Å². The molecule has 1 N–H and O–H groups in total. The molecule has 112 valence electrons. The Morgan fingerprint density at radius 2 is 2.15 bits per heavy atom. The second-order valence-corrected chi connectivity index (χ2v) is 6.15. The predicted molar refractivity (Wildman–Crippen MR) is 82.9 cm³/mol. The number of hydrogen-bond acceptors (Lipinski definition) is 5. The van der Waals surface area contributed by atoms with E-state index in [-0.39, 0.29) is 0 Å². The van der Waals surface area contributed by atoms with Crippen molar-refractivity contribution in [1.82, 2.24) is 20.2 Å². The molecule has 1 saturated heterocycles. The fraction of sp³-hybridized carbons (Fsp3) is 0.733. The maximum Gasteiger partial charge on any atom is 0.147 e. The van der Waals surface area contributed by atoms with Crippen molar-refractivity contribution in [3.05, 3.63) is 18.1 Å². The second-order valence-electron chi connectivity index (χ2n) is 6.15. The standard InChI is InChI=1S/C15H27N5/c1-12(2)16-8-13-9-18-15(10-17-13)20-7-5-6-14(20)11-19(3)4/h9-10,12,14,16H,5-8,11H2,1-4H3. The molecular formula is C15H27N5. The Balaban J connectivity index is 1.98. The Labute approximate surface area is 122 Å². The van der Waals surface area contributed by atoms with Gasteiger partial charge in [0.25, 0.3) is 0 Å². The number of likely N-dealkylation sites (N-methyl/N-ethyl adjacent to an activating group) is 1. The molecule has 2 heterocycles. The molecule has 1 aliphatic rings. The first-order valence-corrected chi connectivity index (χ1v) is 7.52. The highest BCUT2D eigenvalue weighted by Crippen LogP contribution is 2.23. The Kier molecular flexibility index (Phi) is 5.31. The Morgan fingerprint density at radius 1 is 1.35 bits per heavy atom. The van der Waals surface area contributed by atoms with Gasteiger partial charge in [0, 0.05) is 31.7 Å². The molecule has 0 radical (unpaired) electrons. The summed E-state index contributed by atoms with van der Waals surface area (Å²) in [4.78, 5) is 13.8. The first kappa shape index (κ1) is 15.2. The highest BCUT2D eigenvalue weighted by atomic mass is 15.3. The SMILES string of the molecule is CC(C)NCc1cnc(N2CCCC2CN(C)C)cn1. The average Bonchev–Trinajstić information content (AvgIpc) is 2.84. The summed E-state index contributed by atoms with van der Waals surface area (Å²) >= 11 is 0. The van der Waals surface area contributed by atoms with Crippen LogP contribution in [0.1, 0.15) is 32.4 Å². The molecule has 0 spiro atoms. The Hall–Kier alpha value is -1.20. The van der Waals surface area contributed by atoms with Crippen molar-refractivity contribution in [3.63, 3.8) is 0 Å². The number of rotatable bonds is 6. The largest absolute Gasteiger partial charge is 0.351 e. The summed E-state index contributed by atoms with van der Waals surface area (Å²) in [7, 11) is 4.26. The summed E-state index contributed by atoms with van der Waals surface area (Å²) in [5.41, 5.74) is 1.01. The molecule has 0 amide bonds. The highest BCUT2D eigenvalue weighted by molar-refractivity contribution is 5.39. The van der Waals surface area contributed by atoms with E-state index in [1.54, 1.807) is 0 Å². The maximum absolute atomic E-state index is 4.60. The lowest BCUT2D eigenvalue weighted by Gasteiger charge is -2.27. The van der Waals surface area contributed by atoms with E-state index in [0.717, 1.165) is 31.1 Å². The van der Waals surface area contributed by atoms with Crippen LogP contribution in [0.5, 0.6) is 0 Å². The summed E-state index contributed by atoms with van der Waals surface area (Å²) in [6.45, 7) is 7.23. The first-order chi connectivity index (χ1) is 9.56. The molecule has 5 heteroatoms. The number of hydrogen-bond donors (Lipinski definition) is 1. The van der Waals surface area contributed by atoms with E-state index in [9.17, 15) is 0 Å². The third kappa shape index (κ3) is 4.15. The van der Waals surface area contributed by atoms with Gasteiger partial charge in [-0.3, -0.25) is 4.98 Å². The van der Waals surface area contributed by atoms with Gasteiger partial charge in [-0.15, -0.1) is 0 Å². The van der Waals surface area contributed by atoms with Crippen LogP contribution in [-0.2, 0) is 6.54 Å². The normalized spacial score (nSPS) is 19.3. The zero-order valence-corrected chi connectivity index (χ0v) is 13.1. The molecule has 0 bridgehead atoms. The number of anilines is 1. The van der Waals surface area contributed by atoms with Crippen LogP contribution in [0.2, 0.25) is 0 Å². The quantitative estimate of drug-likeness (QED) is 0.854. The average molecular weight is 277 g/mol. The Bertz CT molecular complexity index is 401. The number of nitrogens with one attached hydrogen (secondary N) is 1. The van der Waals surface area contributed by atoms with Gasteiger partial charge in [0.15, 0.2) is 0 Å². The molecule has 20 heavy (non-hydrogen) atoms. The third-order valence-corrected chi connectivity index (χ3v) is 3.63. The molecule has 0 aromatic carbocycles. The lowest BCUT2D eigenvalue weighted by molar-refractivity contribution is 0.371. The van der Waals surface area contributed by atoms with Gasteiger partial charge in [0.05, 0.1) is 18.1 Å². The van der Waals surface area contributed by atoms with Crippen molar-refractivity contribution in [2.24, 2.45) is 0 Å². The third-order valence-electron chi connectivity index (χ3n) is 3.63. The van der Waals surface area contributed by atoms with Gasteiger partial charge in [-0.1, -0.05) is 13.8 Å². The number of aromatic nitrogens is 2. The van der Waals surface area contributed by atoms with E-state index in [2.05, 4.69) is 53.0 Å². The van der Waals surface area contributed by atoms with Crippen LogP contribution in [-0.4, -0.2) is 54.1 Å². The van der Waals surface area contributed by atoms with E-state index in [1.165, 1.54) is 12.8 Å². The van der Waals surface area contributed by atoms with Crippen LogP contribution in [0.3, 0.4) is 0 Å². The minimum atomic E-state index is 0.472. The minimum absolute atomic E-state index is 0.472.